The van der Waals surface area contributed by atoms with E-state index in [-0.39, 0.29) is 12.4 Å². The lowest BCUT2D eigenvalue weighted by molar-refractivity contribution is -0.142. The Morgan fingerprint density at radius 2 is 2.00 bits per heavy atom. The third kappa shape index (κ3) is 7.40. The number of thiazole rings is 1. The van der Waals surface area contributed by atoms with Gasteiger partial charge in [0.1, 0.15) is 0 Å². The van der Waals surface area contributed by atoms with E-state index >= 15 is 0 Å². The minimum absolute atomic E-state index is 0.105. The molecule has 0 aliphatic rings. The summed E-state index contributed by atoms with van der Waals surface area (Å²) in [5.74, 6) is -0.743. The first-order valence-electron chi connectivity index (χ1n) is 8.37. The number of carbonyl (C=O) groups is 3. The monoisotopic (exact) mass is 407 g/mol. The highest BCUT2D eigenvalue weighted by Gasteiger charge is 2.19. The SMILES string of the molecule is CCOC(=O)Cc1csc(S[C@@H](C)C(=O)NC(=O)NCc2ccccc2)n1. The molecular formula is C18H21N3O4S2. The van der Waals surface area contributed by atoms with E-state index in [9.17, 15) is 14.4 Å². The molecule has 2 rings (SSSR count). The van der Waals surface area contributed by atoms with E-state index in [1.54, 1.807) is 19.2 Å². The topological polar surface area (TPSA) is 97.4 Å². The van der Waals surface area contributed by atoms with Gasteiger partial charge in [-0.25, -0.2) is 9.78 Å². The van der Waals surface area contributed by atoms with Crippen LogP contribution in [0.1, 0.15) is 25.1 Å². The lowest BCUT2D eigenvalue weighted by Crippen LogP contribution is -2.42. The highest BCUT2D eigenvalue weighted by molar-refractivity contribution is 8.02. The summed E-state index contributed by atoms with van der Waals surface area (Å²) in [4.78, 5) is 39.8. The van der Waals surface area contributed by atoms with E-state index < -0.39 is 17.2 Å². The molecule has 0 bridgehead atoms. The molecule has 0 aliphatic heterocycles. The van der Waals surface area contributed by atoms with Gasteiger partial charge in [0.15, 0.2) is 4.34 Å². The Balaban J connectivity index is 1.77. The lowest BCUT2D eigenvalue weighted by atomic mass is 10.2. The molecule has 2 N–H and O–H groups in total. The number of urea groups is 1. The molecule has 0 saturated heterocycles. The van der Waals surface area contributed by atoms with E-state index in [2.05, 4.69) is 15.6 Å². The predicted octanol–water partition coefficient (Wildman–Crippen LogP) is 2.76. The number of aromatic nitrogens is 1. The zero-order valence-corrected chi connectivity index (χ0v) is 16.7. The number of imide groups is 1. The van der Waals surface area contributed by atoms with Gasteiger partial charge in [0.25, 0.3) is 0 Å². The summed E-state index contributed by atoms with van der Waals surface area (Å²) < 4.78 is 5.54. The van der Waals surface area contributed by atoms with Gasteiger partial charge in [0, 0.05) is 11.9 Å². The number of rotatable bonds is 8. The second-order valence-electron chi connectivity index (χ2n) is 5.50. The van der Waals surface area contributed by atoms with E-state index in [0.29, 0.717) is 23.2 Å². The van der Waals surface area contributed by atoms with Gasteiger partial charge in [-0.2, -0.15) is 0 Å². The van der Waals surface area contributed by atoms with Gasteiger partial charge in [0.2, 0.25) is 5.91 Å². The van der Waals surface area contributed by atoms with Crippen molar-refractivity contribution >= 4 is 41.0 Å². The maximum absolute atomic E-state index is 12.1. The first kappa shape index (κ1) is 20.9. The molecule has 7 nitrogen and oxygen atoms in total. The van der Waals surface area contributed by atoms with Crippen LogP contribution >= 0.6 is 23.1 Å². The second-order valence-corrected chi connectivity index (χ2v) is 7.95. The molecule has 144 valence electrons. The first-order chi connectivity index (χ1) is 13.0. The number of hydrogen-bond donors (Lipinski definition) is 2. The van der Waals surface area contributed by atoms with Gasteiger partial charge >= 0.3 is 12.0 Å². The fourth-order valence-corrected chi connectivity index (χ4v) is 4.01. The van der Waals surface area contributed by atoms with Crippen molar-refractivity contribution in [3.63, 3.8) is 0 Å². The van der Waals surface area contributed by atoms with Crippen LogP contribution < -0.4 is 10.6 Å². The summed E-state index contributed by atoms with van der Waals surface area (Å²) >= 11 is 2.58. The zero-order valence-electron chi connectivity index (χ0n) is 15.1. The highest BCUT2D eigenvalue weighted by atomic mass is 32.2. The summed E-state index contributed by atoms with van der Waals surface area (Å²) in [6.45, 7) is 4.10. The number of ether oxygens (including phenoxy) is 1. The number of thioether (sulfide) groups is 1. The van der Waals surface area contributed by atoms with Crippen molar-refractivity contribution in [1.29, 1.82) is 0 Å². The lowest BCUT2D eigenvalue weighted by Gasteiger charge is -2.10. The number of carbonyl (C=O) groups excluding carboxylic acids is 3. The number of amides is 3. The minimum Gasteiger partial charge on any atom is -0.466 e. The molecule has 0 fully saturated rings. The van der Waals surface area contributed by atoms with Crippen LogP contribution in [-0.4, -0.2) is 34.7 Å². The summed E-state index contributed by atoms with van der Waals surface area (Å²) in [5.41, 5.74) is 1.55. The fraction of sp³-hybridized carbons (Fsp3) is 0.333. The molecule has 0 aliphatic carbocycles. The Hall–Kier alpha value is -2.39. The molecule has 1 aromatic carbocycles. The summed E-state index contributed by atoms with van der Waals surface area (Å²) in [6, 6.07) is 8.88. The van der Waals surface area contributed by atoms with Crippen LogP contribution in [0.2, 0.25) is 0 Å². The van der Waals surface area contributed by atoms with Crippen LogP contribution in [0.5, 0.6) is 0 Å². The van der Waals surface area contributed by atoms with Crippen molar-refractivity contribution in [2.24, 2.45) is 0 Å². The van der Waals surface area contributed by atoms with Crippen LogP contribution in [0.3, 0.4) is 0 Å². The van der Waals surface area contributed by atoms with E-state index in [1.165, 1.54) is 23.1 Å². The van der Waals surface area contributed by atoms with Gasteiger partial charge in [-0.1, -0.05) is 42.1 Å². The number of benzene rings is 1. The molecule has 0 radical (unpaired) electrons. The zero-order chi connectivity index (χ0) is 19.6. The second kappa shape index (κ2) is 10.7. The Bertz CT molecular complexity index is 780. The van der Waals surface area contributed by atoms with Crippen LogP contribution in [0.15, 0.2) is 40.1 Å². The Morgan fingerprint density at radius 3 is 2.70 bits per heavy atom. The predicted molar refractivity (Wildman–Crippen MR) is 105 cm³/mol. The largest absolute Gasteiger partial charge is 0.466 e. The van der Waals surface area contributed by atoms with E-state index in [1.807, 2.05) is 30.3 Å². The smallest absolute Gasteiger partial charge is 0.321 e. The molecule has 1 atom stereocenters. The molecule has 0 unspecified atom stereocenters. The average Bonchev–Trinajstić information content (AvgIpc) is 3.07. The third-order valence-electron chi connectivity index (χ3n) is 3.34. The van der Waals surface area contributed by atoms with Crippen LogP contribution in [0, 0.1) is 0 Å². The number of nitrogens with zero attached hydrogens (tertiary/aromatic N) is 1. The summed E-state index contributed by atoms with van der Waals surface area (Å²) in [7, 11) is 0. The molecule has 9 heteroatoms. The third-order valence-corrected chi connectivity index (χ3v) is 5.46. The highest BCUT2D eigenvalue weighted by Crippen LogP contribution is 2.27. The molecular weight excluding hydrogens is 386 g/mol. The van der Waals surface area contributed by atoms with E-state index in [0.717, 1.165) is 5.56 Å². The standard InChI is InChI=1S/C18H21N3O4S2/c1-3-25-15(22)9-14-11-26-18(20-14)27-12(2)16(23)21-17(24)19-10-13-7-5-4-6-8-13/h4-8,11-12H,3,9-10H2,1-2H3,(H2,19,21,23,24)/t12-/m0/s1. The molecule has 0 spiro atoms. The molecule has 3 amide bonds. The van der Waals surface area contributed by atoms with Gasteiger partial charge in [-0.3, -0.25) is 14.9 Å². The van der Waals surface area contributed by atoms with Crippen LogP contribution in [0.25, 0.3) is 0 Å². The maximum Gasteiger partial charge on any atom is 0.321 e. The van der Waals surface area contributed by atoms with Crippen molar-refractivity contribution in [3.05, 3.63) is 47.0 Å². The van der Waals surface area contributed by atoms with Crippen LogP contribution in [0.4, 0.5) is 4.79 Å². The average molecular weight is 408 g/mol. The summed E-state index contributed by atoms with van der Waals surface area (Å²) in [5, 5.41) is 6.22. The van der Waals surface area contributed by atoms with Gasteiger partial charge < -0.3 is 10.1 Å². The molecule has 27 heavy (non-hydrogen) atoms. The Morgan fingerprint density at radius 1 is 1.26 bits per heavy atom. The van der Waals surface area contributed by atoms with Crippen molar-refractivity contribution in [3.8, 4) is 0 Å². The molecule has 0 saturated carbocycles. The molecule has 1 aromatic heterocycles. The first-order valence-corrected chi connectivity index (χ1v) is 10.1. The van der Waals surface area contributed by atoms with E-state index in [4.69, 9.17) is 4.74 Å². The number of nitrogens with one attached hydrogen (secondary N) is 2. The molecule has 2 aromatic rings. The maximum atomic E-state index is 12.1. The van der Waals surface area contributed by atoms with Crippen molar-refractivity contribution in [2.45, 2.75) is 36.4 Å². The summed E-state index contributed by atoms with van der Waals surface area (Å²) in [6.07, 6.45) is 0.105. The van der Waals surface area contributed by atoms with Crippen molar-refractivity contribution in [1.82, 2.24) is 15.6 Å². The Kier molecular flexibility index (Phi) is 8.28. The van der Waals surface area contributed by atoms with Crippen LogP contribution in [-0.2, 0) is 27.3 Å². The quantitative estimate of drug-likeness (QED) is 0.516. The number of hydrogen-bond acceptors (Lipinski definition) is 7. The fourth-order valence-electron chi connectivity index (χ4n) is 2.02. The normalized spacial score (nSPS) is 11.5. The van der Waals surface area contributed by atoms with Crippen molar-refractivity contribution in [2.75, 3.05) is 6.61 Å². The van der Waals surface area contributed by atoms with Gasteiger partial charge in [-0.05, 0) is 19.4 Å². The van der Waals surface area contributed by atoms with Gasteiger partial charge in [0.05, 0.1) is 24.0 Å². The number of esters is 1. The van der Waals surface area contributed by atoms with Crippen molar-refractivity contribution < 1.29 is 19.1 Å². The van der Waals surface area contributed by atoms with Gasteiger partial charge in [-0.15, -0.1) is 11.3 Å². The minimum atomic E-state index is -0.543. The Labute approximate surface area is 165 Å². The molecule has 1 heterocycles.